The molecule has 0 aliphatic carbocycles. The first-order valence-corrected chi connectivity index (χ1v) is 5.87. The van der Waals surface area contributed by atoms with E-state index in [1.54, 1.807) is 0 Å². The molecule has 0 aromatic heterocycles. The predicted molar refractivity (Wildman–Crippen MR) is 65.1 cm³/mol. The van der Waals surface area contributed by atoms with Gasteiger partial charge in [0.15, 0.2) is 0 Å². The van der Waals surface area contributed by atoms with E-state index in [1.807, 2.05) is 0 Å². The Hall–Kier alpha value is -0.820. The minimum Gasteiger partial charge on any atom is -0.306 e. The van der Waals surface area contributed by atoms with Crippen molar-refractivity contribution in [3.05, 3.63) is 35.9 Å². The van der Waals surface area contributed by atoms with Gasteiger partial charge in [0.1, 0.15) is 0 Å². The van der Waals surface area contributed by atoms with Gasteiger partial charge in [-0.25, -0.2) is 0 Å². The van der Waals surface area contributed by atoms with Gasteiger partial charge in [-0.1, -0.05) is 44.2 Å². The molecular formula is C14H21N. The van der Waals surface area contributed by atoms with Crippen LogP contribution in [0.3, 0.4) is 0 Å². The molecule has 0 N–H and O–H groups in total. The van der Waals surface area contributed by atoms with Crippen molar-refractivity contribution in [2.45, 2.75) is 25.7 Å². The summed E-state index contributed by atoms with van der Waals surface area (Å²) in [4.78, 5) is 2.44. The summed E-state index contributed by atoms with van der Waals surface area (Å²) in [5.74, 6) is 0.735. The van der Waals surface area contributed by atoms with E-state index < -0.39 is 0 Å². The van der Waals surface area contributed by atoms with Gasteiger partial charge in [-0.3, -0.25) is 0 Å². The fourth-order valence-corrected chi connectivity index (χ4v) is 2.68. The van der Waals surface area contributed by atoms with Crippen LogP contribution in [0.25, 0.3) is 0 Å². The van der Waals surface area contributed by atoms with Crippen LogP contribution in [0.15, 0.2) is 30.3 Å². The van der Waals surface area contributed by atoms with Crippen molar-refractivity contribution in [2.75, 3.05) is 20.1 Å². The maximum Gasteiger partial charge on any atom is 0.00124 e. The molecule has 2 rings (SSSR count). The summed E-state index contributed by atoms with van der Waals surface area (Å²) in [6, 6.07) is 11.0. The highest BCUT2D eigenvalue weighted by Crippen LogP contribution is 2.38. The quantitative estimate of drug-likeness (QED) is 0.678. The van der Waals surface area contributed by atoms with Gasteiger partial charge in [0.05, 0.1) is 0 Å². The molecule has 1 aromatic carbocycles. The first kappa shape index (κ1) is 10.7. The van der Waals surface area contributed by atoms with Crippen LogP contribution < -0.4 is 0 Å². The standard InChI is InChI=1S/C14H21N/c1-12-11-15(3)10-9-14(12,2)13-7-5-4-6-8-13/h4-8,12H,9-11H2,1-3H3/t12-,14-/m0/s1. The van der Waals surface area contributed by atoms with Crippen LogP contribution in [0.4, 0.5) is 0 Å². The van der Waals surface area contributed by atoms with Crippen molar-refractivity contribution in [1.82, 2.24) is 4.90 Å². The Morgan fingerprint density at radius 2 is 1.93 bits per heavy atom. The molecule has 1 fully saturated rings. The molecule has 1 aromatic rings. The number of likely N-dealkylation sites (tertiary alicyclic amines) is 1. The lowest BCUT2D eigenvalue weighted by Crippen LogP contribution is -2.45. The third-order valence-electron chi connectivity index (χ3n) is 4.12. The molecule has 0 spiro atoms. The Morgan fingerprint density at radius 3 is 2.53 bits per heavy atom. The summed E-state index contributed by atoms with van der Waals surface area (Å²) >= 11 is 0. The molecule has 1 heteroatoms. The second-order valence-corrected chi connectivity index (χ2v) is 5.20. The van der Waals surface area contributed by atoms with Crippen LogP contribution in [-0.2, 0) is 5.41 Å². The molecule has 0 bridgehead atoms. The van der Waals surface area contributed by atoms with Gasteiger partial charge < -0.3 is 4.90 Å². The highest BCUT2D eigenvalue weighted by atomic mass is 15.1. The smallest absolute Gasteiger partial charge is 0.00124 e. The zero-order valence-corrected chi connectivity index (χ0v) is 10.0. The van der Waals surface area contributed by atoms with E-state index in [2.05, 4.69) is 56.1 Å². The monoisotopic (exact) mass is 203 g/mol. The topological polar surface area (TPSA) is 3.24 Å². The van der Waals surface area contributed by atoms with Crippen molar-refractivity contribution in [2.24, 2.45) is 5.92 Å². The first-order valence-electron chi connectivity index (χ1n) is 5.87. The Balaban J connectivity index is 2.27. The molecular weight excluding hydrogens is 182 g/mol. The average Bonchev–Trinajstić information content (AvgIpc) is 2.25. The van der Waals surface area contributed by atoms with Crippen LogP contribution >= 0.6 is 0 Å². The van der Waals surface area contributed by atoms with Crippen molar-refractivity contribution >= 4 is 0 Å². The lowest BCUT2D eigenvalue weighted by atomic mass is 9.68. The summed E-state index contributed by atoms with van der Waals surface area (Å²) in [5, 5.41) is 0. The van der Waals surface area contributed by atoms with Crippen molar-refractivity contribution in [1.29, 1.82) is 0 Å². The summed E-state index contributed by atoms with van der Waals surface area (Å²) in [5.41, 5.74) is 1.87. The molecule has 1 nitrogen and oxygen atoms in total. The zero-order chi connectivity index (χ0) is 10.9. The van der Waals surface area contributed by atoms with E-state index in [4.69, 9.17) is 0 Å². The van der Waals surface area contributed by atoms with Gasteiger partial charge in [0.25, 0.3) is 0 Å². The van der Waals surface area contributed by atoms with Crippen molar-refractivity contribution in [3.8, 4) is 0 Å². The number of hydrogen-bond acceptors (Lipinski definition) is 1. The molecule has 0 unspecified atom stereocenters. The van der Waals surface area contributed by atoms with Crippen molar-refractivity contribution < 1.29 is 0 Å². The molecule has 1 heterocycles. The van der Waals surface area contributed by atoms with E-state index in [-0.39, 0.29) is 0 Å². The minimum absolute atomic E-state index is 0.369. The highest BCUT2D eigenvalue weighted by molar-refractivity contribution is 5.26. The molecule has 0 saturated carbocycles. The SMILES string of the molecule is C[C@H]1CN(C)CC[C@]1(C)c1ccccc1. The summed E-state index contributed by atoms with van der Waals surface area (Å²) in [6.07, 6.45) is 1.27. The Bertz CT molecular complexity index is 319. The molecule has 15 heavy (non-hydrogen) atoms. The van der Waals surface area contributed by atoms with Crippen LogP contribution in [0, 0.1) is 5.92 Å². The van der Waals surface area contributed by atoms with Crippen LogP contribution in [-0.4, -0.2) is 25.0 Å². The summed E-state index contributed by atoms with van der Waals surface area (Å²) in [7, 11) is 2.22. The lowest BCUT2D eigenvalue weighted by molar-refractivity contribution is 0.134. The number of rotatable bonds is 1. The molecule has 0 radical (unpaired) electrons. The second-order valence-electron chi connectivity index (χ2n) is 5.20. The van der Waals surface area contributed by atoms with E-state index >= 15 is 0 Å². The number of piperidine rings is 1. The van der Waals surface area contributed by atoms with Crippen LogP contribution in [0.2, 0.25) is 0 Å². The highest BCUT2D eigenvalue weighted by Gasteiger charge is 2.36. The molecule has 1 aliphatic rings. The van der Waals surface area contributed by atoms with Gasteiger partial charge in [0, 0.05) is 6.54 Å². The third kappa shape index (κ3) is 1.93. The lowest BCUT2D eigenvalue weighted by Gasteiger charge is -2.44. The second kappa shape index (κ2) is 3.97. The maximum atomic E-state index is 2.44. The summed E-state index contributed by atoms with van der Waals surface area (Å²) < 4.78 is 0. The van der Waals surface area contributed by atoms with E-state index in [0.717, 1.165) is 5.92 Å². The van der Waals surface area contributed by atoms with Crippen LogP contribution in [0.1, 0.15) is 25.8 Å². The van der Waals surface area contributed by atoms with Gasteiger partial charge >= 0.3 is 0 Å². The number of hydrogen-bond donors (Lipinski definition) is 0. The third-order valence-corrected chi connectivity index (χ3v) is 4.12. The Morgan fingerprint density at radius 1 is 1.27 bits per heavy atom. The fraction of sp³-hybridized carbons (Fsp3) is 0.571. The zero-order valence-electron chi connectivity index (χ0n) is 10.0. The normalized spacial score (nSPS) is 32.9. The van der Waals surface area contributed by atoms with E-state index in [1.165, 1.54) is 25.1 Å². The molecule has 0 amide bonds. The number of benzene rings is 1. The van der Waals surface area contributed by atoms with Crippen molar-refractivity contribution in [3.63, 3.8) is 0 Å². The van der Waals surface area contributed by atoms with Gasteiger partial charge in [-0.05, 0) is 36.9 Å². The molecule has 1 saturated heterocycles. The van der Waals surface area contributed by atoms with E-state index in [0.29, 0.717) is 5.41 Å². The van der Waals surface area contributed by atoms with Gasteiger partial charge in [-0.2, -0.15) is 0 Å². The van der Waals surface area contributed by atoms with E-state index in [9.17, 15) is 0 Å². The fourth-order valence-electron chi connectivity index (χ4n) is 2.68. The Labute approximate surface area is 93.1 Å². The molecule has 1 aliphatic heterocycles. The minimum atomic E-state index is 0.369. The van der Waals surface area contributed by atoms with Gasteiger partial charge in [0.2, 0.25) is 0 Å². The van der Waals surface area contributed by atoms with Crippen LogP contribution in [0.5, 0.6) is 0 Å². The Kier molecular flexibility index (Phi) is 2.83. The average molecular weight is 203 g/mol. The predicted octanol–water partition coefficient (Wildman–Crippen LogP) is 2.92. The number of nitrogens with zero attached hydrogens (tertiary/aromatic N) is 1. The largest absolute Gasteiger partial charge is 0.306 e. The maximum absolute atomic E-state index is 2.44. The summed E-state index contributed by atoms with van der Waals surface area (Å²) in [6.45, 7) is 7.23. The first-order chi connectivity index (χ1) is 7.13. The van der Waals surface area contributed by atoms with Gasteiger partial charge in [-0.15, -0.1) is 0 Å². The molecule has 82 valence electrons. The molecule has 2 atom stereocenters.